The van der Waals surface area contributed by atoms with Crippen LogP contribution in [0.5, 0.6) is 0 Å². The van der Waals surface area contributed by atoms with E-state index in [1.807, 2.05) is 4.90 Å². The maximum Gasteiger partial charge on any atom is 0.171 e. The normalized spacial score (nSPS) is 32.2. The average Bonchev–Trinajstić information content (AvgIpc) is 3.29. The van der Waals surface area contributed by atoms with Gasteiger partial charge in [0.1, 0.15) is 0 Å². The standard InChI is InChI=1S/C20H29N3S/c1-13-8-14(2)10-15(9-13)21-20(24)22-16-11-18-4-3-5-19(12-16)23(18)17-6-7-17/h8-10,16-19H,3-7,11-12H2,1-2H3,(H2,21,22,24)/p+1/t18-,19-/m1/s1. The van der Waals surface area contributed by atoms with Crippen LogP contribution in [-0.4, -0.2) is 29.3 Å². The van der Waals surface area contributed by atoms with Crippen molar-refractivity contribution in [2.24, 2.45) is 0 Å². The van der Waals surface area contributed by atoms with Gasteiger partial charge in [-0.3, -0.25) is 0 Å². The van der Waals surface area contributed by atoms with Gasteiger partial charge in [0.15, 0.2) is 5.11 Å². The molecule has 4 heteroatoms. The van der Waals surface area contributed by atoms with Crippen LogP contribution in [0.3, 0.4) is 0 Å². The maximum atomic E-state index is 5.60. The topological polar surface area (TPSA) is 28.5 Å². The lowest BCUT2D eigenvalue weighted by Crippen LogP contribution is -3.22. The molecular weight excluding hydrogens is 314 g/mol. The quantitative estimate of drug-likeness (QED) is 0.737. The van der Waals surface area contributed by atoms with Crippen LogP contribution in [0.4, 0.5) is 5.69 Å². The van der Waals surface area contributed by atoms with Gasteiger partial charge in [-0.05, 0) is 68.6 Å². The van der Waals surface area contributed by atoms with Gasteiger partial charge < -0.3 is 15.5 Å². The van der Waals surface area contributed by atoms with Gasteiger partial charge in [0.25, 0.3) is 0 Å². The Morgan fingerprint density at radius 1 is 0.958 bits per heavy atom. The minimum absolute atomic E-state index is 0.550. The zero-order valence-corrected chi connectivity index (χ0v) is 15.7. The minimum Gasteiger partial charge on any atom is -0.359 e. The summed E-state index contributed by atoms with van der Waals surface area (Å²) in [7, 11) is 0. The van der Waals surface area contributed by atoms with Crippen molar-refractivity contribution in [1.29, 1.82) is 0 Å². The summed E-state index contributed by atoms with van der Waals surface area (Å²) < 4.78 is 0. The zero-order valence-electron chi connectivity index (χ0n) is 14.9. The lowest BCUT2D eigenvalue weighted by atomic mass is 9.81. The first-order valence-electron chi connectivity index (χ1n) is 9.61. The molecule has 2 aliphatic heterocycles. The average molecular weight is 345 g/mol. The summed E-state index contributed by atoms with van der Waals surface area (Å²) in [6.45, 7) is 4.26. The Morgan fingerprint density at radius 2 is 1.58 bits per heavy atom. The van der Waals surface area contributed by atoms with Crippen molar-refractivity contribution < 1.29 is 4.90 Å². The molecule has 2 atom stereocenters. The third-order valence-corrected chi connectivity index (χ3v) is 6.27. The molecule has 1 aromatic rings. The Kier molecular flexibility index (Phi) is 4.52. The van der Waals surface area contributed by atoms with Gasteiger partial charge in [-0.25, -0.2) is 0 Å². The van der Waals surface area contributed by atoms with Crippen molar-refractivity contribution >= 4 is 23.0 Å². The van der Waals surface area contributed by atoms with Crippen molar-refractivity contribution in [3.8, 4) is 0 Å². The molecule has 0 amide bonds. The monoisotopic (exact) mass is 344 g/mol. The van der Waals surface area contributed by atoms with Crippen LogP contribution in [0.25, 0.3) is 0 Å². The van der Waals surface area contributed by atoms with Gasteiger partial charge in [0, 0.05) is 37.4 Å². The van der Waals surface area contributed by atoms with Crippen molar-refractivity contribution in [1.82, 2.24) is 5.32 Å². The number of benzene rings is 1. The van der Waals surface area contributed by atoms with Gasteiger partial charge in [-0.1, -0.05) is 6.07 Å². The number of rotatable bonds is 3. The maximum absolute atomic E-state index is 5.60. The van der Waals surface area contributed by atoms with Crippen LogP contribution in [0.1, 0.15) is 56.1 Å². The Bertz CT molecular complexity index is 591. The molecule has 0 radical (unpaired) electrons. The van der Waals surface area contributed by atoms with E-state index < -0.39 is 0 Å². The van der Waals surface area contributed by atoms with Gasteiger partial charge in [0.05, 0.1) is 18.1 Å². The number of anilines is 1. The summed E-state index contributed by atoms with van der Waals surface area (Å²) >= 11 is 5.60. The minimum atomic E-state index is 0.550. The summed E-state index contributed by atoms with van der Waals surface area (Å²) in [5.74, 6) is 0. The molecule has 1 aromatic carbocycles. The molecule has 2 bridgehead atoms. The highest BCUT2D eigenvalue weighted by molar-refractivity contribution is 7.80. The number of nitrogens with one attached hydrogen (secondary N) is 3. The Hall–Kier alpha value is -1.13. The Morgan fingerprint density at radius 3 is 2.17 bits per heavy atom. The van der Waals surface area contributed by atoms with Crippen LogP contribution in [0.2, 0.25) is 0 Å². The first kappa shape index (κ1) is 16.3. The van der Waals surface area contributed by atoms with E-state index in [1.54, 1.807) is 0 Å². The second kappa shape index (κ2) is 6.64. The molecule has 0 aromatic heterocycles. The number of fused-ring (bicyclic) bond motifs is 2. The van der Waals surface area contributed by atoms with Crippen LogP contribution in [0.15, 0.2) is 18.2 Å². The van der Waals surface area contributed by atoms with E-state index in [2.05, 4.69) is 42.7 Å². The largest absolute Gasteiger partial charge is 0.359 e. The smallest absolute Gasteiger partial charge is 0.171 e. The molecule has 4 rings (SSSR count). The van der Waals surface area contributed by atoms with Crippen molar-refractivity contribution in [2.75, 3.05) is 5.32 Å². The first-order valence-corrected chi connectivity index (χ1v) is 10.0. The molecule has 130 valence electrons. The summed E-state index contributed by atoms with van der Waals surface area (Å²) in [4.78, 5) is 1.95. The molecule has 0 unspecified atom stereocenters. The van der Waals surface area contributed by atoms with E-state index in [9.17, 15) is 0 Å². The Balaban J connectivity index is 1.36. The number of piperidine rings is 2. The van der Waals surface area contributed by atoms with E-state index in [4.69, 9.17) is 12.2 Å². The van der Waals surface area contributed by atoms with Crippen molar-refractivity contribution in [3.05, 3.63) is 29.3 Å². The Labute approximate surface area is 151 Å². The number of hydrogen-bond acceptors (Lipinski definition) is 1. The highest BCUT2D eigenvalue weighted by Crippen LogP contribution is 2.27. The van der Waals surface area contributed by atoms with Crippen LogP contribution < -0.4 is 15.5 Å². The first-order chi connectivity index (χ1) is 11.6. The number of quaternary nitrogens is 1. The summed E-state index contributed by atoms with van der Waals surface area (Å²) in [6, 6.07) is 9.79. The highest BCUT2D eigenvalue weighted by atomic mass is 32.1. The van der Waals surface area contributed by atoms with Crippen LogP contribution in [0, 0.1) is 13.8 Å². The predicted octanol–water partition coefficient (Wildman–Crippen LogP) is 2.72. The van der Waals surface area contributed by atoms with Gasteiger partial charge in [-0.2, -0.15) is 0 Å². The van der Waals surface area contributed by atoms with Crippen LogP contribution >= 0.6 is 12.2 Å². The third-order valence-electron chi connectivity index (χ3n) is 6.05. The van der Waals surface area contributed by atoms with E-state index in [1.165, 1.54) is 56.1 Å². The third kappa shape index (κ3) is 3.60. The number of hydrogen-bond donors (Lipinski definition) is 3. The fourth-order valence-electron chi connectivity index (χ4n) is 5.17. The fourth-order valence-corrected chi connectivity index (χ4v) is 5.45. The summed E-state index contributed by atoms with van der Waals surface area (Å²) in [5.41, 5.74) is 3.65. The number of thiocarbonyl (C=S) groups is 1. The fraction of sp³-hybridized carbons (Fsp3) is 0.650. The van der Waals surface area contributed by atoms with E-state index in [0.29, 0.717) is 6.04 Å². The van der Waals surface area contributed by atoms with Crippen LogP contribution in [-0.2, 0) is 0 Å². The number of aryl methyl sites for hydroxylation is 2. The van der Waals surface area contributed by atoms with E-state index in [0.717, 1.165) is 28.9 Å². The van der Waals surface area contributed by atoms with Crippen molar-refractivity contribution in [3.63, 3.8) is 0 Å². The highest BCUT2D eigenvalue weighted by Gasteiger charge is 2.48. The molecule has 1 saturated carbocycles. The molecule has 2 heterocycles. The summed E-state index contributed by atoms with van der Waals surface area (Å²) in [5, 5.41) is 7.81. The lowest BCUT2D eigenvalue weighted by molar-refractivity contribution is -0.971. The van der Waals surface area contributed by atoms with Gasteiger partial charge in [0.2, 0.25) is 0 Å². The molecule has 3 N–H and O–H groups in total. The van der Waals surface area contributed by atoms with Gasteiger partial charge >= 0.3 is 0 Å². The summed E-state index contributed by atoms with van der Waals surface area (Å²) in [6.07, 6.45) is 9.77. The molecule has 0 spiro atoms. The zero-order chi connectivity index (χ0) is 16.7. The van der Waals surface area contributed by atoms with Gasteiger partial charge in [-0.15, -0.1) is 0 Å². The molecular formula is C20H30N3S+. The molecule has 3 nitrogen and oxygen atoms in total. The molecule has 1 aliphatic carbocycles. The van der Waals surface area contributed by atoms with E-state index in [-0.39, 0.29) is 0 Å². The second-order valence-electron chi connectivity index (χ2n) is 8.24. The molecule has 2 saturated heterocycles. The van der Waals surface area contributed by atoms with E-state index >= 15 is 0 Å². The molecule has 3 aliphatic rings. The second-order valence-corrected chi connectivity index (χ2v) is 8.65. The predicted molar refractivity (Wildman–Crippen MR) is 104 cm³/mol. The SMILES string of the molecule is Cc1cc(C)cc(NC(=S)NC2C[C@H]3CCC[C@H](C2)[NH+]3C2CC2)c1. The molecule has 3 fully saturated rings. The molecule has 24 heavy (non-hydrogen) atoms. The lowest BCUT2D eigenvalue weighted by Gasteiger charge is -2.46. The van der Waals surface area contributed by atoms with Crippen molar-refractivity contribution in [2.45, 2.75) is 83.0 Å².